The van der Waals surface area contributed by atoms with Crippen LogP contribution in [0.5, 0.6) is 5.75 Å². The van der Waals surface area contributed by atoms with Crippen LogP contribution < -0.4 is 4.74 Å². The first-order valence-electron chi connectivity index (χ1n) is 7.72. The van der Waals surface area contributed by atoms with E-state index in [4.69, 9.17) is 4.74 Å². The Morgan fingerprint density at radius 2 is 1.91 bits per heavy atom. The molecule has 0 atom stereocenters. The summed E-state index contributed by atoms with van der Waals surface area (Å²) in [6, 6.07) is 14.4. The van der Waals surface area contributed by atoms with E-state index in [9.17, 15) is 0 Å². The molecule has 114 valence electrons. The summed E-state index contributed by atoms with van der Waals surface area (Å²) in [5.74, 6) is 0.992. The fourth-order valence-electron chi connectivity index (χ4n) is 2.49. The number of para-hydroxylation sites is 1. The molecule has 0 aliphatic heterocycles. The monoisotopic (exact) mass is 295 g/mol. The maximum absolute atomic E-state index is 5.88. The molecular formula is C18H21N3O. The predicted molar refractivity (Wildman–Crippen MR) is 88.2 cm³/mol. The van der Waals surface area contributed by atoms with E-state index in [-0.39, 0.29) is 0 Å². The van der Waals surface area contributed by atoms with Gasteiger partial charge in [-0.05, 0) is 56.0 Å². The molecule has 22 heavy (non-hydrogen) atoms. The van der Waals surface area contributed by atoms with Crippen molar-refractivity contribution in [1.29, 1.82) is 0 Å². The van der Waals surface area contributed by atoms with Gasteiger partial charge in [-0.3, -0.25) is 0 Å². The summed E-state index contributed by atoms with van der Waals surface area (Å²) in [5, 5.41) is 8.37. The number of rotatable bonds is 6. The molecule has 0 saturated heterocycles. The van der Waals surface area contributed by atoms with Crippen LogP contribution in [0.15, 0.2) is 42.5 Å². The van der Waals surface area contributed by atoms with E-state index in [0.717, 1.165) is 42.8 Å². The lowest BCUT2D eigenvalue weighted by Crippen LogP contribution is -2.04. The largest absolute Gasteiger partial charge is 0.493 e. The van der Waals surface area contributed by atoms with E-state index in [0.29, 0.717) is 0 Å². The Kier molecular flexibility index (Phi) is 4.37. The van der Waals surface area contributed by atoms with Gasteiger partial charge in [0.25, 0.3) is 0 Å². The lowest BCUT2D eigenvalue weighted by atomic mass is 10.1. The van der Waals surface area contributed by atoms with Crippen molar-refractivity contribution in [3.8, 4) is 5.75 Å². The average molecular weight is 295 g/mol. The minimum absolute atomic E-state index is 0.733. The summed E-state index contributed by atoms with van der Waals surface area (Å²) < 4.78 is 7.84. The minimum Gasteiger partial charge on any atom is -0.493 e. The second kappa shape index (κ2) is 6.60. The number of ether oxygens (including phenoxy) is 1. The van der Waals surface area contributed by atoms with Gasteiger partial charge in [0.15, 0.2) is 0 Å². The Bertz CT molecular complexity index is 764. The third kappa shape index (κ3) is 3.27. The van der Waals surface area contributed by atoms with Gasteiger partial charge in [-0.15, -0.1) is 5.10 Å². The van der Waals surface area contributed by atoms with Gasteiger partial charge < -0.3 is 4.74 Å². The molecule has 1 aromatic heterocycles. The molecule has 4 nitrogen and oxygen atoms in total. The van der Waals surface area contributed by atoms with Crippen LogP contribution >= 0.6 is 0 Å². The van der Waals surface area contributed by atoms with Gasteiger partial charge in [-0.2, -0.15) is 0 Å². The molecule has 0 aliphatic carbocycles. The van der Waals surface area contributed by atoms with Crippen LogP contribution in [0, 0.1) is 13.8 Å². The average Bonchev–Trinajstić information content (AvgIpc) is 2.94. The summed E-state index contributed by atoms with van der Waals surface area (Å²) in [6.45, 7) is 5.77. The Labute approximate surface area is 130 Å². The van der Waals surface area contributed by atoms with Gasteiger partial charge >= 0.3 is 0 Å². The number of benzene rings is 2. The lowest BCUT2D eigenvalue weighted by Gasteiger charge is -2.10. The van der Waals surface area contributed by atoms with Gasteiger partial charge in [0, 0.05) is 6.54 Å². The van der Waals surface area contributed by atoms with E-state index in [2.05, 4.69) is 48.4 Å². The highest BCUT2D eigenvalue weighted by Crippen LogP contribution is 2.19. The Morgan fingerprint density at radius 1 is 1.05 bits per heavy atom. The second-order valence-electron chi connectivity index (χ2n) is 5.63. The van der Waals surface area contributed by atoms with Gasteiger partial charge in [0.1, 0.15) is 11.3 Å². The second-order valence-corrected chi connectivity index (χ2v) is 5.63. The predicted octanol–water partition coefficient (Wildman–Crippen LogP) is 3.91. The molecule has 0 unspecified atom stereocenters. The van der Waals surface area contributed by atoms with Crippen LogP contribution in [0.3, 0.4) is 0 Å². The molecule has 0 aliphatic rings. The zero-order valence-corrected chi connectivity index (χ0v) is 13.1. The highest BCUT2D eigenvalue weighted by molar-refractivity contribution is 5.73. The lowest BCUT2D eigenvalue weighted by molar-refractivity contribution is 0.300. The van der Waals surface area contributed by atoms with E-state index >= 15 is 0 Å². The highest BCUT2D eigenvalue weighted by atomic mass is 16.5. The number of fused-ring (bicyclic) bond motifs is 1. The Morgan fingerprint density at radius 3 is 2.82 bits per heavy atom. The van der Waals surface area contributed by atoms with Crippen molar-refractivity contribution in [2.24, 2.45) is 0 Å². The van der Waals surface area contributed by atoms with Crippen molar-refractivity contribution < 1.29 is 4.74 Å². The maximum Gasteiger partial charge on any atom is 0.122 e. The number of aromatic nitrogens is 3. The first-order chi connectivity index (χ1) is 10.7. The summed E-state index contributed by atoms with van der Waals surface area (Å²) in [6.07, 6.45) is 2.03. The molecule has 1 heterocycles. The fraction of sp³-hybridized carbons (Fsp3) is 0.333. The maximum atomic E-state index is 5.88. The van der Waals surface area contributed by atoms with Crippen molar-refractivity contribution in [1.82, 2.24) is 15.0 Å². The Hall–Kier alpha value is -2.36. The zero-order chi connectivity index (χ0) is 15.4. The van der Waals surface area contributed by atoms with Crippen LogP contribution in [-0.2, 0) is 6.54 Å². The topological polar surface area (TPSA) is 39.9 Å². The molecule has 3 aromatic rings. The summed E-state index contributed by atoms with van der Waals surface area (Å²) in [5.41, 5.74) is 4.47. The molecule has 0 amide bonds. The highest BCUT2D eigenvalue weighted by Gasteiger charge is 2.03. The van der Waals surface area contributed by atoms with Gasteiger partial charge in [0.05, 0.1) is 12.1 Å². The Balaban J connectivity index is 1.49. The quantitative estimate of drug-likeness (QED) is 0.647. The first kappa shape index (κ1) is 14.6. The standard InChI is InChI=1S/C18H21N3O/c1-14-9-10-15(2)18(13-14)22-12-6-5-11-21-17-8-4-3-7-16(17)19-20-21/h3-4,7-10,13H,5-6,11-12H2,1-2H3. The van der Waals surface area contributed by atoms with Crippen LogP contribution in [0.2, 0.25) is 0 Å². The molecule has 0 fully saturated rings. The van der Waals surface area contributed by atoms with Gasteiger partial charge in [0.2, 0.25) is 0 Å². The number of hydrogen-bond acceptors (Lipinski definition) is 3. The molecule has 0 bridgehead atoms. The first-order valence-corrected chi connectivity index (χ1v) is 7.72. The van der Waals surface area contributed by atoms with E-state index in [1.807, 2.05) is 22.9 Å². The van der Waals surface area contributed by atoms with Crippen LogP contribution in [0.1, 0.15) is 24.0 Å². The minimum atomic E-state index is 0.733. The molecule has 0 radical (unpaired) electrons. The molecule has 0 saturated carbocycles. The van der Waals surface area contributed by atoms with E-state index in [1.54, 1.807) is 0 Å². The summed E-state index contributed by atoms with van der Waals surface area (Å²) in [7, 11) is 0. The molecule has 3 rings (SSSR count). The van der Waals surface area contributed by atoms with Crippen LogP contribution in [0.25, 0.3) is 11.0 Å². The smallest absolute Gasteiger partial charge is 0.122 e. The van der Waals surface area contributed by atoms with Gasteiger partial charge in [-0.25, -0.2) is 4.68 Å². The molecule has 0 N–H and O–H groups in total. The van der Waals surface area contributed by atoms with Crippen molar-refractivity contribution in [2.75, 3.05) is 6.61 Å². The van der Waals surface area contributed by atoms with Crippen molar-refractivity contribution in [3.05, 3.63) is 53.6 Å². The third-order valence-corrected chi connectivity index (χ3v) is 3.79. The number of hydrogen-bond donors (Lipinski definition) is 0. The van der Waals surface area contributed by atoms with Crippen molar-refractivity contribution >= 4 is 11.0 Å². The number of aryl methyl sites for hydroxylation is 3. The van der Waals surface area contributed by atoms with Crippen molar-refractivity contribution in [2.45, 2.75) is 33.2 Å². The van der Waals surface area contributed by atoms with Crippen LogP contribution in [-0.4, -0.2) is 21.6 Å². The summed E-state index contributed by atoms with van der Waals surface area (Å²) >= 11 is 0. The van der Waals surface area contributed by atoms with Crippen molar-refractivity contribution in [3.63, 3.8) is 0 Å². The summed E-state index contributed by atoms with van der Waals surface area (Å²) in [4.78, 5) is 0. The normalized spacial score (nSPS) is 11.0. The van der Waals surface area contributed by atoms with Crippen LogP contribution in [0.4, 0.5) is 0 Å². The SMILES string of the molecule is Cc1ccc(C)c(OCCCCn2nnc3ccccc32)c1. The third-order valence-electron chi connectivity index (χ3n) is 3.79. The zero-order valence-electron chi connectivity index (χ0n) is 13.1. The molecule has 0 spiro atoms. The molecule has 2 aromatic carbocycles. The molecular weight excluding hydrogens is 274 g/mol. The van der Waals surface area contributed by atoms with E-state index in [1.165, 1.54) is 11.1 Å². The molecule has 4 heteroatoms. The number of unbranched alkanes of at least 4 members (excludes halogenated alkanes) is 1. The van der Waals surface area contributed by atoms with Gasteiger partial charge in [-0.1, -0.05) is 29.5 Å². The van der Waals surface area contributed by atoms with E-state index < -0.39 is 0 Å². The number of nitrogens with zero attached hydrogens (tertiary/aromatic N) is 3. The fourth-order valence-corrected chi connectivity index (χ4v) is 2.49.